The Bertz CT molecular complexity index is 828. The van der Waals surface area contributed by atoms with Gasteiger partial charge >= 0.3 is 5.97 Å². The predicted molar refractivity (Wildman–Crippen MR) is 109 cm³/mol. The van der Waals surface area contributed by atoms with Crippen molar-refractivity contribution < 1.29 is 14.3 Å². The number of esters is 1. The molecule has 5 heteroatoms. The van der Waals surface area contributed by atoms with Crippen LogP contribution in [-0.2, 0) is 4.74 Å². The monoisotopic (exact) mass is 382 g/mol. The second-order valence-corrected chi connectivity index (χ2v) is 8.04. The van der Waals surface area contributed by atoms with Gasteiger partial charge < -0.3 is 18.9 Å². The van der Waals surface area contributed by atoms with Crippen molar-refractivity contribution in [2.24, 2.45) is 0 Å². The van der Waals surface area contributed by atoms with Crippen LogP contribution in [0.1, 0.15) is 53.8 Å². The number of carbonyl (C=O) groups is 1. The highest BCUT2D eigenvalue weighted by Gasteiger charge is 2.29. The van der Waals surface area contributed by atoms with E-state index < -0.39 is 0 Å². The van der Waals surface area contributed by atoms with Gasteiger partial charge in [0, 0.05) is 36.2 Å². The summed E-state index contributed by atoms with van der Waals surface area (Å²) in [5.74, 6) is 0.619. The molecular weight excluding hydrogens is 352 g/mol. The Morgan fingerprint density at radius 2 is 1.71 bits per heavy atom. The smallest absolute Gasteiger partial charge is 0.339 e. The third-order valence-electron chi connectivity index (χ3n) is 6.30. The van der Waals surface area contributed by atoms with Crippen molar-refractivity contribution in [1.29, 1.82) is 0 Å². The minimum absolute atomic E-state index is 0.299. The summed E-state index contributed by atoms with van der Waals surface area (Å²) in [4.78, 5) is 14.6. The molecule has 1 aromatic heterocycles. The molecule has 0 radical (unpaired) electrons. The van der Waals surface area contributed by atoms with Crippen LogP contribution in [0.25, 0.3) is 5.69 Å². The molecule has 2 heterocycles. The van der Waals surface area contributed by atoms with Gasteiger partial charge in [-0.15, -0.1) is 0 Å². The maximum atomic E-state index is 11.9. The highest BCUT2D eigenvalue weighted by molar-refractivity contribution is 5.91. The summed E-state index contributed by atoms with van der Waals surface area (Å²) in [6.45, 7) is 6.26. The van der Waals surface area contributed by atoms with Crippen LogP contribution in [0.15, 0.2) is 30.3 Å². The second-order valence-electron chi connectivity index (χ2n) is 8.04. The SMILES string of the molecule is COC(=O)c1cc(C)n(-c2ccc(OC3CCN(C4CCC4)CC3)cc2)c1C. The molecular formula is C23H30N2O3. The molecule has 0 bridgehead atoms. The maximum Gasteiger partial charge on any atom is 0.339 e. The topological polar surface area (TPSA) is 43.7 Å². The van der Waals surface area contributed by atoms with Crippen LogP contribution in [0, 0.1) is 13.8 Å². The number of carbonyl (C=O) groups excluding carboxylic acids is 1. The number of methoxy groups -OCH3 is 1. The first-order chi connectivity index (χ1) is 13.6. The van der Waals surface area contributed by atoms with Gasteiger partial charge in [0.2, 0.25) is 0 Å². The zero-order chi connectivity index (χ0) is 19.7. The molecule has 5 nitrogen and oxygen atoms in total. The summed E-state index contributed by atoms with van der Waals surface area (Å²) >= 11 is 0. The van der Waals surface area contributed by atoms with Gasteiger partial charge in [-0.1, -0.05) is 6.42 Å². The number of hydrogen-bond acceptors (Lipinski definition) is 4. The second kappa shape index (κ2) is 8.00. The number of aromatic nitrogens is 1. The third kappa shape index (κ3) is 3.68. The van der Waals surface area contributed by atoms with E-state index in [1.165, 1.54) is 26.4 Å². The molecule has 0 unspecified atom stereocenters. The van der Waals surface area contributed by atoms with Crippen LogP contribution < -0.4 is 4.74 Å². The number of nitrogens with zero attached hydrogens (tertiary/aromatic N) is 2. The number of piperidine rings is 1. The first-order valence-corrected chi connectivity index (χ1v) is 10.3. The van der Waals surface area contributed by atoms with Gasteiger partial charge in [-0.05, 0) is 69.9 Å². The third-order valence-corrected chi connectivity index (χ3v) is 6.30. The fourth-order valence-electron chi connectivity index (χ4n) is 4.45. The van der Waals surface area contributed by atoms with E-state index in [-0.39, 0.29) is 5.97 Å². The molecule has 2 aromatic rings. The summed E-state index contributed by atoms with van der Waals surface area (Å²) in [5.41, 5.74) is 3.53. The molecule has 0 N–H and O–H groups in total. The lowest BCUT2D eigenvalue weighted by molar-refractivity contribution is 0.0493. The lowest BCUT2D eigenvalue weighted by Gasteiger charge is -2.41. The number of benzene rings is 1. The molecule has 0 spiro atoms. The van der Waals surface area contributed by atoms with Crippen molar-refractivity contribution >= 4 is 5.97 Å². The van der Waals surface area contributed by atoms with E-state index in [0.29, 0.717) is 11.7 Å². The van der Waals surface area contributed by atoms with Crippen molar-refractivity contribution in [3.8, 4) is 11.4 Å². The largest absolute Gasteiger partial charge is 0.490 e. The number of likely N-dealkylation sites (tertiary alicyclic amines) is 1. The first kappa shape index (κ1) is 19.1. The quantitative estimate of drug-likeness (QED) is 0.724. The van der Waals surface area contributed by atoms with E-state index in [1.54, 1.807) is 0 Å². The van der Waals surface area contributed by atoms with Gasteiger partial charge in [0.05, 0.1) is 12.7 Å². The van der Waals surface area contributed by atoms with Crippen molar-refractivity contribution in [3.63, 3.8) is 0 Å². The van der Waals surface area contributed by atoms with E-state index in [9.17, 15) is 4.79 Å². The lowest BCUT2D eigenvalue weighted by Crippen LogP contribution is -2.46. The Kier molecular flexibility index (Phi) is 5.44. The van der Waals surface area contributed by atoms with Crippen molar-refractivity contribution in [2.45, 2.75) is 58.1 Å². The Labute approximate surface area is 167 Å². The van der Waals surface area contributed by atoms with Crippen LogP contribution in [-0.4, -0.2) is 47.8 Å². The van der Waals surface area contributed by atoms with Crippen molar-refractivity contribution in [3.05, 3.63) is 47.3 Å². The molecule has 2 fully saturated rings. The summed E-state index contributed by atoms with van der Waals surface area (Å²) < 4.78 is 13.2. The molecule has 1 saturated carbocycles. The molecule has 0 amide bonds. The molecule has 2 aliphatic rings. The van der Waals surface area contributed by atoms with E-state index in [0.717, 1.165) is 54.8 Å². The number of ether oxygens (including phenoxy) is 2. The minimum Gasteiger partial charge on any atom is -0.490 e. The highest BCUT2D eigenvalue weighted by Crippen LogP contribution is 2.29. The van der Waals surface area contributed by atoms with Crippen LogP contribution in [0.2, 0.25) is 0 Å². The van der Waals surface area contributed by atoms with Gasteiger partial charge in [-0.3, -0.25) is 0 Å². The van der Waals surface area contributed by atoms with Gasteiger partial charge in [-0.2, -0.15) is 0 Å². The van der Waals surface area contributed by atoms with E-state index in [4.69, 9.17) is 9.47 Å². The zero-order valence-electron chi connectivity index (χ0n) is 17.1. The number of hydrogen-bond donors (Lipinski definition) is 0. The normalized spacial score (nSPS) is 18.7. The summed E-state index contributed by atoms with van der Waals surface area (Å²) in [6.07, 6.45) is 6.68. The average molecular weight is 383 g/mol. The minimum atomic E-state index is -0.299. The van der Waals surface area contributed by atoms with Crippen LogP contribution >= 0.6 is 0 Å². The average Bonchev–Trinajstić information content (AvgIpc) is 2.96. The van der Waals surface area contributed by atoms with Crippen LogP contribution in [0.5, 0.6) is 5.75 Å². The van der Waals surface area contributed by atoms with Gasteiger partial charge in [0.1, 0.15) is 11.9 Å². The molecule has 1 saturated heterocycles. The van der Waals surface area contributed by atoms with Crippen molar-refractivity contribution in [1.82, 2.24) is 9.47 Å². The van der Waals surface area contributed by atoms with E-state index >= 15 is 0 Å². The number of rotatable bonds is 5. The van der Waals surface area contributed by atoms with Gasteiger partial charge in [-0.25, -0.2) is 4.79 Å². The van der Waals surface area contributed by atoms with Gasteiger partial charge in [0.15, 0.2) is 0 Å². The van der Waals surface area contributed by atoms with E-state index in [1.807, 2.05) is 32.0 Å². The molecule has 4 rings (SSSR count). The Hall–Kier alpha value is -2.27. The molecule has 1 aliphatic carbocycles. The van der Waals surface area contributed by atoms with Crippen molar-refractivity contribution in [2.75, 3.05) is 20.2 Å². The molecule has 150 valence electrons. The fourth-order valence-corrected chi connectivity index (χ4v) is 4.45. The summed E-state index contributed by atoms with van der Waals surface area (Å²) in [7, 11) is 1.41. The lowest BCUT2D eigenvalue weighted by atomic mass is 9.90. The number of aryl methyl sites for hydroxylation is 1. The molecule has 0 atom stereocenters. The Balaban J connectivity index is 1.41. The summed E-state index contributed by atoms with van der Waals surface area (Å²) in [6, 6.07) is 10.9. The predicted octanol–water partition coefficient (Wildman–Crippen LogP) is 4.28. The first-order valence-electron chi connectivity index (χ1n) is 10.3. The fraction of sp³-hybridized carbons (Fsp3) is 0.522. The summed E-state index contributed by atoms with van der Waals surface area (Å²) in [5, 5.41) is 0. The maximum absolute atomic E-state index is 11.9. The van der Waals surface area contributed by atoms with Crippen LogP contribution in [0.3, 0.4) is 0 Å². The van der Waals surface area contributed by atoms with Gasteiger partial charge in [0.25, 0.3) is 0 Å². The molecule has 1 aliphatic heterocycles. The van der Waals surface area contributed by atoms with E-state index in [2.05, 4.69) is 21.6 Å². The molecule has 28 heavy (non-hydrogen) atoms. The van der Waals surface area contributed by atoms with Crippen LogP contribution in [0.4, 0.5) is 0 Å². The molecule has 1 aromatic carbocycles. The Morgan fingerprint density at radius 3 is 2.29 bits per heavy atom. The standard InChI is InChI=1S/C23H30N2O3/c1-16-15-22(23(26)27-3)17(2)25(16)19-7-9-20(10-8-19)28-21-11-13-24(14-12-21)18-5-4-6-18/h7-10,15,18,21H,4-6,11-14H2,1-3H3. The zero-order valence-corrected chi connectivity index (χ0v) is 17.1. The Morgan fingerprint density at radius 1 is 1.04 bits per heavy atom. The highest BCUT2D eigenvalue weighted by atomic mass is 16.5.